The van der Waals surface area contributed by atoms with Gasteiger partial charge in [-0.25, -0.2) is 4.98 Å². The third-order valence-corrected chi connectivity index (χ3v) is 2.35. The number of aromatic nitrogens is 2. The molecule has 14 heavy (non-hydrogen) atoms. The minimum Gasteiger partial charge on any atom is -0.506 e. The summed E-state index contributed by atoms with van der Waals surface area (Å²) >= 11 is 0. The molecule has 0 unspecified atom stereocenters. The largest absolute Gasteiger partial charge is 0.506 e. The van der Waals surface area contributed by atoms with Crippen molar-refractivity contribution in [2.24, 2.45) is 12.8 Å². The van der Waals surface area contributed by atoms with Crippen molar-refractivity contribution in [2.75, 3.05) is 6.54 Å². The molecule has 2 rings (SSSR count). The zero-order valence-corrected chi connectivity index (χ0v) is 8.07. The molecule has 0 radical (unpaired) electrons. The Kier molecular flexibility index (Phi) is 2.13. The minimum absolute atomic E-state index is 0.223. The second kappa shape index (κ2) is 3.31. The van der Waals surface area contributed by atoms with Gasteiger partial charge in [0.15, 0.2) is 0 Å². The van der Waals surface area contributed by atoms with Gasteiger partial charge in [0.1, 0.15) is 17.1 Å². The molecule has 4 heteroatoms. The topological polar surface area (TPSA) is 64.1 Å². The standard InChI is InChI=1S/C10H13N3O/c1-13-7-3-2-4-8(14)10(7)12-9(13)5-6-11/h2-4,14H,5-6,11H2,1H3. The number of phenolic OH excluding ortho intramolecular Hbond substituents is 1. The number of nitrogens with two attached hydrogens (primary N) is 1. The molecule has 1 aromatic carbocycles. The summed E-state index contributed by atoms with van der Waals surface area (Å²) in [5.74, 6) is 1.13. The van der Waals surface area contributed by atoms with E-state index in [9.17, 15) is 5.11 Å². The van der Waals surface area contributed by atoms with Crippen LogP contribution >= 0.6 is 0 Å². The number of rotatable bonds is 2. The molecule has 1 heterocycles. The summed E-state index contributed by atoms with van der Waals surface area (Å²) in [6, 6.07) is 5.38. The molecular weight excluding hydrogens is 178 g/mol. The predicted octanol–water partition coefficient (Wildman–Crippen LogP) is 0.780. The molecule has 3 N–H and O–H groups in total. The number of hydrogen-bond acceptors (Lipinski definition) is 3. The van der Waals surface area contributed by atoms with Gasteiger partial charge in [-0.1, -0.05) is 6.07 Å². The number of benzene rings is 1. The highest BCUT2D eigenvalue weighted by molar-refractivity contribution is 5.82. The Morgan fingerprint density at radius 3 is 2.93 bits per heavy atom. The van der Waals surface area contributed by atoms with Crippen LogP contribution in [0.2, 0.25) is 0 Å². The first-order valence-electron chi connectivity index (χ1n) is 4.57. The minimum atomic E-state index is 0.223. The summed E-state index contributed by atoms with van der Waals surface area (Å²) in [6.45, 7) is 0.567. The fourth-order valence-electron chi connectivity index (χ4n) is 1.60. The van der Waals surface area contributed by atoms with Crippen LogP contribution < -0.4 is 5.73 Å². The Bertz CT molecular complexity index is 462. The maximum atomic E-state index is 9.57. The molecule has 0 spiro atoms. The number of para-hydroxylation sites is 1. The fraction of sp³-hybridized carbons (Fsp3) is 0.300. The summed E-state index contributed by atoms with van der Waals surface area (Å²) in [5, 5.41) is 9.57. The number of aryl methyl sites for hydroxylation is 1. The lowest BCUT2D eigenvalue weighted by molar-refractivity contribution is 0.480. The molecule has 0 fully saturated rings. The van der Waals surface area contributed by atoms with E-state index in [0.29, 0.717) is 12.1 Å². The van der Waals surface area contributed by atoms with Crippen LogP contribution in [-0.2, 0) is 13.5 Å². The Morgan fingerprint density at radius 2 is 2.29 bits per heavy atom. The molecule has 74 valence electrons. The summed E-state index contributed by atoms with van der Waals surface area (Å²) in [6.07, 6.45) is 0.727. The molecule has 0 saturated carbocycles. The maximum absolute atomic E-state index is 9.57. The van der Waals surface area contributed by atoms with Crippen molar-refractivity contribution in [3.63, 3.8) is 0 Å². The number of nitrogens with zero attached hydrogens (tertiary/aromatic N) is 2. The van der Waals surface area contributed by atoms with Crippen LogP contribution in [0.25, 0.3) is 11.0 Å². The normalized spacial score (nSPS) is 11.0. The van der Waals surface area contributed by atoms with Crippen LogP contribution in [-0.4, -0.2) is 21.2 Å². The van der Waals surface area contributed by atoms with E-state index in [0.717, 1.165) is 17.8 Å². The monoisotopic (exact) mass is 191 g/mol. The maximum Gasteiger partial charge on any atom is 0.143 e. The van der Waals surface area contributed by atoms with Crippen molar-refractivity contribution in [3.05, 3.63) is 24.0 Å². The number of fused-ring (bicyclic) bond motifs is 1. The lowest BCUT2D eigenvalue weighted by atomic mass is 10.3. The van der Waals surface area contributed by atoms with E-state index >= 15 is 0 Å². The van der Waals surface area contributed by atoms with E-state index in [2.05, 4.69) is 4.98 Å². The summed E-state index contributed by atoms with van der Waals surface area (Å²) in [4.78, 5) is 4.33. The second-order valence-corrected chi connectivity index (χ2v) is 3.27. The molecule has 0 bridgehead atoms. The van der Waals surface area contributed by atoms with Gasteiger partial charge in [-0.15, -0.1) is 0 Å². The summed E-state index contributed by atoms with van der Waals surface area (Å²) in [5.41, 5.74) is 7.06. The van der Waals surface area contributed by atoms with E-state index in [1.54, 1.807) is 6.07 Å². The van der Waals surface area contributed by atoms with Gasteiger partial charge in [0.05, 0.1) is 5.52 Å². The number of hydrogen-bond donors (Lipinski definition) is 2. The van der Waals surface area contributed by atoms with Gasteiger partial charge in [0.2, 0.25) is 0 Å². The van der Waals surface area contributed by atoms with Crippen molar-refractivity contribution in [2.45, 2.75) is 6.42 Å². The Morgan fingerprint density at radius 1 is 1.50 bits per heavy atom. The van der Waals surface area contributed by atoms with Crippen LogP contribution in [0.4, 0.5) is 0 Å². The van der Waals surface area contributed by atoms with Gasteiger partial charge in [0.25, 0.3) is 0 Å². The molecule has 0 aliphatic rings. The third-order valence-electron chi connectivity index (χ3n) is 2.35. The van der Waals surface area contributed by atoms with E-state index in [-0.39, 0.29) is 5.75 Å². The molecule has 4 nitrogen and oxygen atoms in total. The SMILES string of the molecule is Cn1c(CCN)nc2c(O)cccc21. The second-order valence-electron chi connectivity index (χ2n) is 3.27. The van der Waals surface area contributed by atoms with Crippen LogP contribution in [0.15, 0.2) is 18.2 Å². The highest BCUT2D eigenvalue weighted by Gasteiger charge is 2.09. The molecule has 0 aliphatic carbocycles. The Hall–Kier alpha value is -1.55. The zero-order valence-electron chi connectivity index (χ0n) is 8.07. The van der Waals surface area contributed by atoms with Crippen molar-refractivity contribution in [1.82, 2.24) is 9.55 Å². The van der Waals surface area contributed by atoms with Gasteiger partial charge in [-0.05, 0) is 18.7 Å². The van der Waals surface area contributed by atoms with Crippen LogP contribution in [0, 0.1) is 0 Å². The predicted molar refractivity (Wildman–Crippen MR) is 55.1 cm³/mol. The number of aromatic hydroxyl groups is 1. The molecular formula is C10H13N3O. The van der Waals surface area contributed by atoms with Crippen molar-refractivity contribution in [1.29, 1.82) is 0 Å². The molecule has 1 aromatic heterocycles. The quantitative estimate of drug-likeness (QED) is 0.737. The van der Waals surface area contributed by atoms with Gasteiger partial charge in [-0.2, -0.15) is 0 Å². The van der Waals surface area contributed by atoms with E-state index in [1.807, 2.05) is 23.7 Å². The van der Waals surface area contributed by atoms with Crippen LogP contribution in [0.3, 0.4) is 0 Å². The number of imidazole rings is 1. The average Bonchev–Trinajstić information content (AvgIpc) is 2.48. The fourth-order valence-corrected chi connectivity index (χ4v) is 1.60. The van der Waals surface area contributed by atoms with Gasteiger partial charge < -0.3 is 15.4 Å². The summed E-state index contributed by atoms with van der Waals surface area (Å²) < 4.78 is 1.96. The van der Waals surface area contributed by atoms with E-state index in [1.165, 1.54) is 0 Å². The highest BCUT2D eigenvalue weighted by Crippen LogP contribution is 2.23. The lowest BCUT2D eigenvalue weighted by Crippen LogP contribution is -2.07. The van der Waals surface area contributed by atoms with E-state index < -0.39 is 0 Å². The lowest BCUT2D eigenvalue weighted by Gasteiger charge is -1.99. The number of phenols is 1. The van der Waals surface area contributed by atoms with Crippen molar-refractivity contribution in [3.8, 4) is 5.75 Å². The Labute approximate surface area is 82.0 Å². The first kappa shape index (κ1) is 9.02. The van der Waals surface area contributed by atoms with Crippen molar-refractivity contribution >= 4 is 11.0 Å². The third kappa shape index (κ3) is 1.24. The van der Waals surface area contributed by atoms with Gasteiger partial charge in [0, 0.05) is 13.5 Å². The van der Waals surface area contributed by atoms with Gasteiger partial charge >= 0.3 is 0 Å². The highest BCUT2D eigenvalue weighted by atomic mass is 16.3. The molecule has 0 amide bonds. The van der Waals surface area contributed by atoms with E-state index in [4.69, 9.17) is 5.73 Å². The Balaban J connectivity index is 2.67. The summed E-state index contributed by atoms with van der Waals surface area (Å²) in [7, 11) is 1.93. The van der Waals surface area contributed by atoms with Crippen molar-refractivity contribution < 1.29 is 5.11 Å². The molecule has 2 aromatic rings. The smallest absolute Gasteiger partial charge is 0.143 e. The van der Waals surface area contributed by atoms with Crippen LogP contribution in [0.5, 0.6) is 5.75 Å². The molecule has 0 saturated heterocycles. The van der Waals surface area contributed by atoms with Crippen LogP contribution in [0.1, 0.15) is 5.82 Å². The first-order chi connectivity index (χ1) is 6.74. The van der Waals surface area contributed by atoms with Gasteiger partial charge in [-0.3, -0.25) is 0 Å². The molecule has 0 atom stereocenters. The first-order valence-corrected chi connectivity index (χ1v) is 4.57. The average molecular weight is 191 g/mol. The molecule has 0 aliphatic heterocycles. The zero-order chi connectivity index (χ0) is 10.1.